The first-order chi connectivity index (χ1) is 8.99. The van der Waals surface area contributed by atoms with Crippen LogP contribution in [0.5, 0.6) is 0 Å². The van der Waals surface area contributed by atoms with Crippen molar-refractivity contribution in [1.29, 1.82) is 0 Å². The Balaban J connectivity index is 2.06. The number of nitrogens with zero attached hydrogens (tertiary/aromatic N) is 1. The molecule has 1 saturated heterocycles. The predicted molar refractivity (Wildman–Crippen MR) is 72.6 cm³/mol. The maximum Gasteiger partial charge on any atom is 0.307 e. The lowest BCUT2D eigenvalue weighted by atomic mass is 9.78. The van der Waals surface area contributed by atoms with Gasteiger partial charge in [-0.3, -0.25) is 9.59 Å². The van der Waals surface area contributed by atoms with Gasteiger partial charge in [0.15, 0.2) is 0 Å². The van der Waals surface area contributed by atoms with Crippen molar-refractivity contribution in [2.45, 2.75) is 46.0 Å². The highest BCUT2D eigenvalue weighted by Gasteiger charge is 2.39. The Morgan fingerprint density at radius 2 is 1.53 bits per heavy atom. The molecule has 1 saturated carbocycles. The first-order valence-electron chi connectivity index (χ1n) is 7.50. The van der Waals surface area contributed by atoms with Crippen LogP contribution in [0.25, 0.3) is 0 Å². The highest BCUT2D eigenvalue weighted by molar-refractivity contribution is 5.85. The van der Waals surface area contributed by atoms with E-state index in [2.05, 4.69) is 13.8 Å². The Bertz CT molecular complexity index is 345. The molecule has 4 unspecified atom stereocenters. The molecule has 19 heavy (non-hydrogen) atoms. The maximum atomic E-state index is 12.6. The summed E-state index contributed by atoms with van der Waals surface area (Å²) in [5.74, 6) is -0.404. The molecule has 0 aromatic carbocycles. The van der Waals surface area contributed by atoms with E-state index < -0.39 is 11.9 Å². The molecule has 108 valence electrons. The van der Waals surface area contributed by atoms with Crippen molar-refractivity contribution < 1.29 is 14.7 Å². The minimum atomic E-state index is -0.795. The number of carbonyl (C=O) groups is 2. The van der Waals surface area contributed by atoms with E-state index in [0.717, 1.165) is 38.8 Å². The second-order valence-corrected chi connectivity index (χ2v) is 6.52. The third-order valence-corrected chi connectivity index (χ3v) is 4.58. The second-order valence-electron chi connectivity index (χ2n) is 6.52. The molecule has 0 aromatic heterocycles. The molecule has 1 aliphatic carbocycles. The number of likely N-dealkylation sites (tertiary alicyclic amines) is 1. The quantitative estimate of drug-likeness (QED) is 0.835. The number of aliphatic carboxylic acids is 1. The fourth-order valence-corrected chi connectivity index (χ4v) is 3.80. The molecule has 0 bridgehead atoms. The molecule has 2 fully saturated rings. The number of hydrogen-bond acceptors (Lipinski definition) is 2. The van der Waals surface area contributed by atoms with Gasteiger partial charge in [-0.2, -0.15) is 0 Å². The van der Waals surface area contributed by atoms with Crippen molar-refractivity contribution in [3.05, 3.63) is 0 Å². The van der Waals surface area contributed by atoms with E-state index in [1.165, 1.54) is 0 Å². The molecule has 4 atom stereocenters. The number of carboxylic acids is 1. The minimum Gasteiger partial charge on any atom is -0.481 e. The third-order valence-electron chi connectivity index (χ3n) is 4.58. The molecule has 4 heteroatoms. The summed E-state index contributed by atoms with van der Waals surface area (Å²) >= 11 is 0. The van der Waals surface area contributed by atoms with Crippen LogP contribution in [0.2, 0.25) is 0 Å². The van der Waals surface area contributed by atoms with Crippen molar-refractivity contribution >= 4 is 11.9 Å². The largest absolute Gasteiger partial charge is 0.481 e. The summed E-state index contributed by atoms with van der Waals surface area (Å²) in [5, 5.41) is 9.29. The topological polar surface area (TPSA) is 57.6 Å². The molecule has 1 N–H and O–H groups in total. The van der Waals surface area contributed by atoms with Gasteiger partial charge in [-0.15, -0.1) is 0 Å². The normalized spacial score (nSPS) is 36.0. The number of amides is 1. The van der Waals surface area contributed by atoms with Gasteiger partial charge in [0.1, 0.15) is 0 Å². The van der Waals surface area contributed by atoms with Crippen molar-refractivity contribution in [2.24, 2.45) is 23.7 Å². The zero-order valence-electron chi connectivity index (χ0n) is 12.0. The van der Waals surface area contributed by atoms with Crippen molar-refractivity contribution in [3.63, 3.8) is 0 Å². The zero-order valence-corrected chi connectivity index (χ0v) is 12.0. The monoisotopic (exact) mass is 267 g/mol. The van der Waals surface area contributed by atoms with E-state index in [9.17, 15) is 14.7 Å². The SMILES string of the molecule is CC1CC(C)CN(C(=O)C2CCCCC2C(=O)O)C1. The average Bonchev–Trinajstić information content (AvgIpc) is 2.36. The highest BCUT2D eigenvalue weighted by Crippen LogP contribution is 2.33. The molecular weight excluding hydrogens is 242 g/mol. The Morgan fingerprint density at radius 1 is 1.00 bits per heavy atom. The van der Waals surface area contributed by atoms with Crippen LogP contribution in [-0.4, -0.2) is 35.0 Å². The molecule has 1 aliphatic heterocycles. The van der Waals surface area contributed by atoms with E-state index in [1.54, 1.807) is 0 Å². The summed E-state index contributed by atoms with van der Waals surface area (Å²) in [4.78, 5) is 25.9. The third kappa shape index (κ3) is 3.28. The lowest BCUT2D eigenvalue weighted by Crippen LogP contribution is -2.48. The van der Waals surface area contributed by atoms with Crippen LogP contribution in [0, 0.1) is 23.7 Å². The summed E-state index contributed by atoms with van der Waals surface area (Å²) in [7, 11) is 0. The van der Waals surface area contributed by atoms with Crippen molar-refractivity contribution in [3.8, 4) is 0 Å². The Morgan fingerprint density at radius 3 is 2.05 bits per heavy atom. The van der Waals surface area contributed by atoms with Crippen LogP contribution >= 0.6 is 0 Å². The summed E-state index contributed by atoms with van der Waals surface area (Å²) in [6.07, 6.45) is 4.49. The molecule has 0 radical (unpaired) electrons. The summed E-state index contributed by atoms with van der Waals surface area (Å²) < 4.78 is 0. The smallest absolute Gasteiger partial charge is 0.307 e. The zero-order chi connectivity index (χ0) is 14.0. The number of carbonyl (C=O) groups excluding carboxylic acids is 1. The van der Waals surface area contributed by atoms with Crippen LogP contribution < -0.4 is 0 Å². The molecule has 4 nitrogen and oxygen atoms in total. The Labute approximate surface area is 115 Å². The molecule has 1 amide bonds. The van der Waals surface area contributed by atoms with Crippen LogP contribution in [0.4, 0.5) is 0 Å². The van der Waals surface area contributed by atoms with Gasteiger partial charge in [0.25, 0.3) is 0 Å². The molecule has 0 spiro atoms. The summed E-state index contributed by atoms with van der Waals surface area (Å²) in [5.41, 5.74) is 0. The lowest BCUT2D eigenvalue weighted by molar-refractivity contribution is -0.153. The molecular formula is C15H25NO3. The van der Waals surface area contributed by atoms with Crippen LogP contribution in [0.15, 0.2) is 0 Å². The van der Waals surface area contributed by atoms with Gasteiger partial charge >= 0.3 is 5.97 Å². The summed E-state index contributed by atoms with van der Waals surface area (Å²) in [6, 6.07) is 0. The lowest BCUT2D eigenvalue weighted by Gasteiger charge is -2.39. The van der Waals surface area contributed by atoms with Crippen LogP contribution in [0.1, 0.15) is 46.0 Å². The van der Waals surface area contributed by atoms with Gasteiger partial charge in [0, 0.05) is 13.1 Å². The molecule has 0 aromatic rings. The van der Waals surface area contributed by atoms with Gasteiger partial charge in [0.2, 0.25) is 5.91 Å². The van der Waals surface area contributed by atoms with E-state index >= 15 is 0 Å². The van der Waals surface area contributed by atoms with Gasteiger partial charge in [-0.1, -0.05) is 26.7 Å². The van der Waals surface area contributed by atoms with Crippen LogP contribution in [-0.2, 0) is 9.59 Å². The fraction of sp³-hybridized carbons (Fsp3) is 0.867. The maximum absolute atomic E-state index is 12.6. The standard InChI is InChI=1S/C15H25NO3/c1-10-7-11(2)9-16(8-10)14(17)12-5-3-4-6-13(12)15(18)19/h10-13H,3-9H2,1-2H3,(H,18,19). The molecule has 2 rings (SSSR count). The van der Waals surface area contributed by atoms with E-state index in [0.29, 0.717) is 18.3 Å². The van der Waals surface area contributed by atoms with E-state index in [1.807, 2.05) is 4.90 Å². The minimum absolute atomic E-state index is 0.0884. The Kier molecular flexibility index (Phi) is 4.48. The van der Waals surface area contributed by atoms with Gasteiger partial charge < -0.3 is 10.0 Å². The van der Waals surface area contributed by atoms with E-state index in [4.69, 9.17) is 0 Å². The van der Waals surface area contributed by atoms with Crippen LogP contribution in [0.3, 0.4) is 0 Å². The number of rotatable bonds is 2. The van der Waals surface area contributed by atoms with Gasteiger partial charge in [0.05, 0.1) is 11.8 Å². The fourth-order valence-electron chi connectivity index (χ4n) is 3.80. The predicted octanol–water partition coefficient (Wildman–Crippen LogP) is 2.38. The highest BCUT2D eigenvalue weighted by atomic mass is 16.4. The first kappa shape index (κ1) is 14.4. The molecule has 1 heterocycles. The van der Waals surface area contributed by atoms with Gasteiger partial charge in [-0.05, 0) is 31.1 Å². The van der Waals surface area contributed by atoms with Crippen molar-refractivity contribution in [1.82, 2.24) is 4.90 Å². The average molecular weight is 267 g/mol. The first-order valence-corrected chi connectivity index (χ1v) is 7.50. The van der Waals surface area contributed by atoms with Gasteiger partial charge in [-0.25, -0.2) is 0 Å². The number of carboxylic acid groups (broad SMARTS) is 1. The number of hydrogen-bond donors (Lipinski definition) is 1. The molecule has 2 aliphatic rings. The Hall–Kier alpha value is -1.06. The summed E-state index contributed by atoms with van der Waals surface area (Å²) in [6.45, 7) is 5.94. The van der Waals surface area contributed by atoms with Crippen molar-refractivity contribution in [2.75, 3.05) is 13.1 Å². The number of piperidine rings is 1. The van der Waals surface area contributed by atoms with E-state index in [-0.39, 0.29) is 11.8 Å². The second kappa shape index (κ2) is 5.93.